The molecule has 1 heterocycles. The van der Waals surface area contributed by atoms with Gasteiger partial charge in [-0.25, -0.2) is 4.79 Å². The van der Waals surface area contributed by atoms with Crippen LogP contribution in [0.25, 0.3) is 0 Å². The van der Waals surface area contributed by atoms with Crippen molar-refractivity contribution in [2.75, 3.05) is 26.7 Å². The molecule has 3 N–H and O–H groups in total. The molecule has 0 atom stereocenters. The first-order valence-electron chi connectivity index (χ1n) is 9.51. The third-order valence-corrected chi connectivity index (χ3v) is 4.48. The van der Waals surface area contributed by atoms with Crippen molar-refractivity contribution >= 4 is 18.0 Å². The Morgan fingerprint density at radius 3 is 2.31 bits per heavy atom. The summed E-state index contributed by atoms with van der Waals surface area (Å²) in [6, 6.07) is 0.414. The predicted octanol–water partition coefficient (Wildman–Crippen LogP) is 1.22. The van der Waals surface area contributed by atoms with Crippen molar-refractivity contribution in [2.24, 2.45) is 4.99 Å². The first kappa shape index (κ1) is 20.3. The Kier molecular flexibility index (Phi) is 7.11. The van der Waals surface area contributed by atoms with E-state index in [1.807, 2.05) is 20.8 Å². The number of nitrogens with zero attached hydrogens (tertiary/aromatic N) is 2. The number of hydrogen-bond acceptors (Lipinski definition) is 4. The molecule has 2 fully saturated rings. The summed E-state index contributed by atoms with van der Waals surface area (Å²) in [7, 11) is 1.67. The van der Waals surface area contributed by atoms with Crippen molar-refractivity contribution < 1.29 is 14.3 Å². The molecule has 8 nitrogen and oxygen atoms in total. The van der Waals surface area contributed by atoms with Crippen molar-refractivity contribution in [2.45, 2.75) is 70.6 Å². The van der Waals surface area contributed by atoms with Crippen LogP contribution in [0.3, 0.4) is 0 Å². The monoisotopic (exact) mass is 367 g/mol. The van der Waals surface area contributed by atoms with Crippen LogP contribution in [0.5, 0.6) is 0 Å². The van der Waals surface area contributed by atoms with Crippen LogP contribution >= 0.6 is 0 Å². The van der Waals surface area contributed by atoms with E-state index < -0.39 is 5.60 Å². The summed E-state index contributed by atoms with van der Waals surface area (Å²) in [6.45, 7) is 6.87. The van der Waals surface area contributed by atoms with Gasteiger partial charge in [0.25, 0.3) is 0 Å². The van der Waals surface area contributed by atoms with Gasteiger partial charge in [0.2, 0.25) is 5.91 Å². The summed E-state index contributed by atoms with van der Waals surface area (Å²) in [5.41, 5.74) is -0.487. The number of aliphatic imine (C=N–C) groups is 1. The number of likely N-dealkylation sites (tertiary alicyclic amines) is 1. The van der Waals surface area contributed by atoms with Gasteiger partial charge in [-0.15, -0.1) is 0 Å². The third kappa shape index (κ3) is 6.72. The van der Waals surface area contributed by atoms with Crippen molar-refractivity contribution in [3.63, 3.8) is 0 Å². The van der Waals surface area contributed by atoms with Gasteiger partial charge in [-0.2, -0.15) is 0 Å². The van der Waals surface area contributed by atoms with E-state index in [0.29, 0.717) is 25.1 Å². The summed E-state index contributed by atoms with van der Waals surface area (Å²) in [5, 5.41) is 9.32. The van der Waals surface area contributed by atoms with E-state index in [2.05, 4.69) is 20.9 Å². The average molecular weight is 367 g/mol. The van der Waals surface area contributed by atoms with Crippen molar-refractivity contribution in [1.82, 2.24) is 20.9 Å². The molecule has 1 saturated heterocycles. The predicted molar refractivity (Wildman–Crippen MR) is 101 cm³/mol. The lowest BCUT2D eigenvalue weighted by molar-refractivity contribution is -0.120. The molecule has 2 amide bonds. The maximum Gasteiger partial charge on any atom is 0.410 e. The zero-order valence-electron chi connectivity index (χ0n) is 16.4. The normalized spacial score (nSPS) is 19.5. The molecule has 0 spiro atoms. The number of guanidine groups is 1. The molecule has 0 aromatic rings. The lowest BCUT2D eigenvalue weighted by Crippen LogP contribution is -2.63. The Hall–Kier alpha value is -1.99. The van der Waals surface area contributed by atoms with Gasteiger partial charge in [0.1, 0.15) is 5.60 Å². The Morgan fingerprint density at radius 2 is 1.73 bits per heavy atom. The molecule has 0 aromatic carbocycles. The fourth-order valence-corrected chi connectivity index (χ4v) is 3.12. The van der Waals surface area contributed by atoms with Gasteiger partial charge in [-0.1, -0.05) is 19.3 Å². The second-order valence-electron chi connectivity index (χ2n) is 8.05. The minimum absolute atomic E-state index is 0.0103. The molecule has 0 aromatic heterocycles. The third-order valence-electron chi connectivity index (χ3n) is 4.48. The second kappa shape index (κ2) is 9.09. The number of carbonyl (C=O) groups excluding carboxylic acids is 2. The molecule has 8 heteroatoms. The average Bonchev–Trinajstić information content (AvgIpc) is 2.52. The smallest absolute Gasteiger partial charge is 0.410 e. The van der Waals surface area contributed by atoms with Crippen molar-refractivity contribution in [1.29, 1.82) is 0 Å². The van der Waals surface area contributed by atoms with E-state index in [-0.39, 0.29) is 24.6 Å². The molecule has 0 unspecified atom stereocenters. The standard InChI is InChI=1S/C18H33N5O3/c1-18(2,3)26-17(25)23-11-14(12-23)22-16(19-4)20-10-15(24)21-13-8-6-5-7-9-13/h13-14H,5-12H2,1-4H3,(H,21,24)(H2,19,20,22). The van der Waals surface area contributed by atoms with Crippen LogP contribution in [0, 0.1) is 0 Å². The maximum absolute atomic E-state index is 12.0. The molecule has 0 radical (unpaired) electrons. The van der Waals surface area contributed by atoms with Gasteiger partial charge >= 0.3 is 6.09 Å². The number of nitrogens with one attached hydrogen (secondary N) is 3. The SMILES string of the molecule is CN=C(NCC(=O)NC1CCCCC1)NC1CN(C(=O)OC(C)(C)C)C1. The minimum Gasteiger partial charge on any atom is -0.444 e. The van der Waals surface area contributed by atoms with Gasteiger partial charge in [0.15, 0.2) is 5.96 Å². The Balaban J connectivity index is 1.64. The number of hydrogen-bond donors (Lipinski definition) is 3. The highest BCUT2D eigenvalue weighted by Gasteiger charge is 2.34. The van der Waals surface area contributed by atoms with Gasteiger partial charge < -0.3 is 25.6 Å². The van der Waals surface area contributed by atoms with Crippen molar-refractivity contribution in [3.8, 4) is 0 Å². The summed E-state index contributed by atoms with van der Waals surface area (Å²) in [5.74, 6) is 0.557. The van der Waals surface area contributed by atoms with Gasteiger partial charge in [0, 0.05) is 26.2 Å². The molecule has 1 aliphatic carbocycles. The zero-order valence-corrected chi connectivity index (χ0v) is 16.4. The molecule has 2 aliphatic rings. The summed E-state index contributed by atoms with van der Waals surface area (Å²) >= 11 is 0. The van der Waals surface area contributed by atoms with Crippen LogP contribution in [0.1, 0.15) is 52.9 Å². The molecule has 1 saturated carbocycles. The Labute approximate surface area is 156 Å². The summed E-state index contributed by atoms with van der Waals surface area (Å²) < 4.78 is 5.33. The van der Waals surface area contributed by atoms with Crippen LogP contribution in [0.4, 0.5) is 4.79 Å². The first-order valence-corrected chi connectivity index (χ1v) is 9.51. The topological polar surface area (TPSA) is 95.1 Å². The lowest BCUT2D eigenvalue weighted by atomic mass is 9.95. The highest BCUT2D eigenvalue weighted by atomic mass is 16.6. The van der Waals surface area contributed by atoms with Crippen LogP contribution in [-0.4, -0.2) is 67.2 Å². The van der Waals surface area contributed by atoms with E-state index in [4.69, 9.17) is 4.74 Å². The molecular formula is C18H33N5O3. The second-order valence-corrected chi connectivity index (χ2v) is 8.05. The van der Waals surface area contributed by atoms with Crippen LogP contribution in [0.15, 0.2) is 4.99 Å². The molecule has 2 rings (SSSR count). The fraction of sp³-hybridized carbons (Fsp3) is 0.833. The highest BCUT2D eigenvalue weighted by Crippen LogP contribution is 2.17. The van der Waals surface area contributed by atoms with Gasteiger partial charge in [-0.3, -0.25) is 9.79 Å². The van der Waals surface area contributed by atoms with E-state index in [9.17, 15) is 9.59 Å². The summed E-state index contributed by atoms with van der Waals surface area (Å²) in [6.07, 6.45) is 5.49. The lowest BCUT2D eigenvalue weighted by Gasteiger charge is -2.40. The van der Waals surface area contributed by atoms with Crippen LogP contribution in [-0.2, 0) is 9.53 Å². The minimum atomic E-state index is -0.487. The Morgan fingerprint density at radius 1 is 1.08 bits per heavy atom. The van der Waals surface area contributed by atoms with E-state index in [1.165, 1.54) is 19.3 Å². The molecule has 26 heavy (non-hydrogen) atoms. The van der Waals surface area contributed by atoms with E-state index >= 15 is 0 Å². The van der Waals surface area contributed by atoms with E-state index in [0.717, 1.165) is 12.8 Å². The molecule has 1 aliphatic heterocycles. The zero-order chi connectivity index (χ0) is 19.2. The number of amides is 2. The maximum atomic E-state index is 12.0. The number of carbonyl (C=O) groups is 2. The fourth-order valence-electron chi connectivity index (χ4n) is 3.12. The molecular weight excluding hydrogens is 334 g/mol. The van der Waals surface area contributed by atoms with Crippen LogP contribution in [0.2, 0.25) is 0 Å². The molecule has 0 bridgehead atoms. The number of ether oxygens (including phenoxy) is 1. The first-order chi connectivity index (χ1) is 12.3. The summed E-state index contributed by atoms with van der Waals surface area (Å²) in [4.78, 5) is 29.8. The largest absolute Gasteiger partial charge is 0.444 e. The number of rotatable bonds is 4. The van der Waals surface area contributed by atoms with Gasteiger partial charge in [-0.05, 0) is 33.6 Å². The van der Waals surface area contributed by atoms with Gasteiger partial charge in [0.05, 0.1) is 12.6 Å². The Bertz CT molecular complexity index is 517. The quantitative estimate of drug-likeness (QED) is 0.513. The highest BCUT2D eigenvalue weighted by molar-refractivity contribution is 5.86. The van der Waals surface area contributed by atoms with Crippen LogP contribution < -0.4 is 16.0 Å². The van der Waals surface area contributed by atoms with Crippen molar-refractivity contribution in [3.05, 3.63) is 0 Å². The molecule has 148 valence electrons. The van der Waals surface area contributed by atoms with E-state index in [1.54, 1.807) is 11.9 Å².